The van der Waals surface area contributed by atoms with Gasteiger partial charge in [0.05, 0.1) is 21.3 Å². The molecule has 2 fully saturated rings. The van der Waals surface area contributed by atoms with Crippen LogP contribution in [-0.2, 0) is 0 Å². The molecule has 2 aliphatic carbocycles. The number of aromatic nitrogens is 1. The summed E-state index contributed by atoms with van der Waals surface area (Å²) in [4.78, 5) is 21.7. The predicted octanol–water partition coefficient (Wildman–Crippen LogP) is 3.49. The van der Waals surface area contributed by atoms with Crippen LogP contribution >= 0.6 is 11.3 Å². The number of fused-ring (bicyclic) bond motifs is 2. The van der Waals surface area contributed by atoms with Crippen molar-refractivity contribution >= 4 is 27.5 Å². The Hall–Kier alpha value is -1.46. The summed E-state index contributed by atoms with van der Waals surface area (Å²) < 4.78 is 1.01. The summed E-state index contributed by atoms with van der Waals surface area (Å²) in [6, 6.07) is 6.97. The third kappa shape index (κ3) is 2.64. The Labute approximate surface area is 147 Å². The summed E-state index contributed by atoms with van der Waals surface area (Å²) in [6.07, 6.45) is 4.91. The van der Waals surface area contributed by atoms with Crippen molar-refractivity contribution < 1.29 is 4.79 Å². The second kappa shape index (κ2) is 6.12. The zero-order valence-corrected chi connectivity index (χ0v) is 15.4. The number of carbonyl (C=O) groups is 1. The fourth-order valence-corrected chi connectivity index (χ4v) is 5.50. The van der Waals surface area contributed by atoms with E-state index < -0.39 is 0 Å². The highest BCUT2D eigenvalue weighted by atomic mass is 32.1. The van der Waals surface area contributed by atoms with Gasteiger partial charge in [0.2, 0.25) is 0 Å². The number of thiazole rings is 1. The number of carbonyl (C=O) groups excluding carboxylic acids is 1. The number of amides is 1. The van der Waals surface area contributed by atoms with Crippen LogP contribution in [0.5, 0.6) is 0 Å². The Morgan fingerprint density at radius 1 is 1.08 bits per heavy atom. The zero-order valence-electron chi connectivity index (χ0n) is 14.6. The van der Waals surface area contributed by atoms with Crippen LogP contribution in [0.3, 0.4) is 0 Å². The first kappa shape index (κ1) is 16.0. The van der Waals surface area contributed by atoms with Crippen LogP contribution in [0, 0.1) is 11.8 Å². The van der Waals surface area contributed by atoms with Gasteiger partial charge < -0.3 is 9.80 Å². The lowest BCUT2D eigenvalue weighted by Crippen LogP contribution is -2.36. The Kier molecular flexibility index (Phi) is 4.09. The first-order chi connectivity index (χ1) is 11.5. The summed E-state index contributed by atoms with van der Waals surface area (Å²) in [7, 11) is 6.36. The van der Waals surface area contributed by atoms with Gasteiger partial charge in [-0.3, -0.25) is 4.79 Å². The fourth-order valence-electron chi connectivity index (χ4n) is 4.70. The average Bonchev–Trinajstić information content (AvgIpc) is 3.26. The molecule has 0 aliphatic heterocycles. The molecule has 2 unspecified atom stereocenters. The van der Waals surface area contributed by atoms with Crippen LogP contribution in [0.4, 0.5) is 0 Å². The van der Waals surface area contributed by atoms with E-state index >= 15 is 0 Å². The molecule has 0 spiro atoms. The lowest BCUT2D eigenvalue weighted by atomic mass is 10.0. The standard InChI is InChI=1S/C19H25N3OS/c1-21(2)14-7-12-9-15(10-13(12)8-14)22(3)19(23)16-5-4-6-17-18(16)24-11-20-17/h4-6,11-15H,7-10H2,1-3H3/t12-,13+,14?,15?. The summed E-state index contributed by atoms with van der Waals surface area (Å²) in [6.45, 7) is 0. The van der Waals surface area contributed by atoms with Crippen LogP contribution in [0.2, 0.25) is 0 Å². The van der Waals surface area contributed by atoms with Crippen molar-refractivity contribution in [2.45, 2.75) is 37.8 Å². The third-order valence-electron chi connectivity index (χ3n) is 6.15. The molecule has 1 aromatic heterocycles. The Balaban J connectivity index is 1.48. The minimum absolute atomic E-state index is 0.152. The molecule has 4 nitrogen and oxygen atoms in total. The Morgan fingerprint density at radius 2 is 1.75 bits per heavy atom. The second-order valence-electron chi connectivity index (χ2n) is 7.66. The maximum Gasteiger partial charge on any atom is 0.255 e. The molecule has 0 saturated heterocycles. The van der Waals surface area contributed by atoms with Gasteiger partial charge in [0, 0.05) is 19.1 Å². The molecular formula is C19H25N3OS. The number of hydrogen-bond acceptors (Lipinski definition) is 4. The number of nitrogens with zero attached hydrogens (tertiary/aromatic N) is 3. The van der Waals surface area contributed by atoms with Crippen molar-refractivity contribution in [1.29, 1.82) is 0 Å². The van der Waals surface area contributed by atoms with Gasteiger partial charge in [-0.25, -0.2) is 4.98 Å². The van der Waals surface area contributed by atoms with Crippen LogP contribution in [0.15, 0.2) is 23.7 Å². The van der Waals surface area contributed by atoms with Crippen molar-refractivity contribution in [3.63, 3.8) is 0 Å². The summed E-state index contributed by atoms with van der Waals surface area (Å²) >= 11 is 1.56. The molecule has 2 aliphatic rings. The largest absolute Gasteiger partial charge is 0.339 e. The van der Waals surface area contributed by atoms with E-state index in [1.54, 1.807) is 11.3 Å². The first-order valence-electron chi connectivity index (χ1n) is 8.80. The van der Waals surface area contributed by atoms with Gasteiger partial charge in [-0.2, -0.15) is 0 Å². The van der Waals surface area contributed by atoms with E-state index in [1.165, 1.54) is 12.8 Å². The second-order valence-corrected chi connectivity index (χ2v) is 8.51. The van der Waals surface area contributed by atoms with E-state index in [9.17, 15) is 4.79 Å². The van der Waals surface area contributed by atoms with E-state index in [1.807, 2.05) is 35.7 Å². The molecule has 0 radical (unpaired) electrons. The van der Waals surface area contributed by atoms with Crippen molar-refractivity contribution in [3.05, 3.63) is 29.3 Å². The maximum atomic E-state index is 13.0. The lowest BCUT2D eigenvalue weighted by molar-refractivity contribution is 0.0728. The molecule has 24 heavy (non-hydrogen) atoms. The van der Waals surface area contributed by atoms with Crippen molar-refractivity contribution in [2.24, 2.45) is 11.8 Å². The summed E-state index contributed by atoms with van der Waals surface area (Å²) in [5.74, 6) is 1.73. The molecule has 128 valence electrons. The van der Waals surface area contributed by atoms with Gasteiger partial charge in [-0.05, 0) is 63.7 Å². The number of rotatable bonds is 3. The number of benzene rings is 1. The minimum Gasteiger partial charge on any atom is -0.339 e. The monoisotopic (exact) mass is 343 g/mol. The zero-order chi connectivity index (χ0) is 16.8. The highest BCUT2D eigenvalue weighted by molar-refractivity contribution is 7.17. The Bertz CT molecular complexity index is 742. The molecular weight excluding hydrogens is 318 g/mol. The van der Waals surface area contributed by atoms with E-state index in [0.29, 0.717) is 6.04 Å². The molecule has 1 amide bonds. The highest BCUT2D eigenvalue weighted by Crippen LogP contribution is 2.46. The molecule has 4 rings (SSSR count). The quantitative estimate of drug-likeness (QED) is 0.856. The maximum absolute atomic E-state index is 13.0. The normalized spacial score (nSPS) is 29.3. The van der Waals surface area contributed by atoms with Crippen LogP contribution < -0.4 is 0 Å². The van der Waals surface area contributed by atoms with E-state index in [2.05, 4.69) is 24.0 Å². The fraction of sp³-hybridized carbons (Fsp3) is 0.579. The SMILES string of the molecule is CN(C)C1C[C@@H]2CC(N(C)C(=O)c3cccc4ncsc34)C[C@@H]2C1. The molecule has 0 N–H and O–H groups in total. The van der Waals surface area contributed by atoms with Crippen LogP contribution in [-0.4, -0.2) is 53.9 Å². The summed E-state index contributed by atoms with van der Waals surface area (Å²) in [5, 5.41) is 0. The third-order valence-corrected chi connectivity index (χ3v) is 7.03. The van der Waals surface area contributed by atoms with Gasteiger partial charge in [0.25, 0.3) is 5.91 Å². The molecule has 1 aromatic carbocycles. The van der Waals surface area contributed by atoms with Gasteiger partial charge in [-0.1, -0.05) is 6.07 Å². The molecule has 0 bridgehead atoms. The van der Waals surface area contributed by atoms with E-state index in [-0.39, 0.29) is 5.91 Å². The van der Waals surface area contributed by atoms with Gasteiger partial charge in [-0.15, -0.1) is 11.3 Å². The predicted molar refractivity (Wildman–Crippen MR) is 98.4 cm³/mol. The van der Waals surface area contributed by atoms with Gasteiger partial charge in [0.15, 0.2) is 0 Å². The molecule has 2 aromatic rings. The minimum atomic E-state index is 0.152. The molecule has 5 heteroatoms. The molecule has 4 atom stereocenters. The highest BCUT2D eigenvalue weighted by Gasteiger charge is 2.44. The van der Waals surface area contributed by atoms with E-state index in [0.717, 1.165) is 46.5 Å². The molecule has 1 heterocycles. The van der Waals surface area contributed by atoms with Gasteiger partial charge in [0.1, 0.15) is 0 Å². The smallest absolute Gasteiger partial charge is 0.255 e. The average molecular weight is 343 g/mol. The van der Waals surface area contributed by atoms with Gasteiger partial charge >= 0.3 is 0 Å². The Morgan fingerprint density at radius 3 is 2.42 bits per heavy atom. The van der Waals surface area contributed by atoms with Crippen molar-refractivity contribution in [3.8, 4) is 0 Å². The lowest BCUT2D eigenvalue weighted by Gasteiger charge is -2.27. The van der Waals surface area contributed by atoms with Crippen molar-refractivity contribution in [1.82, 2.24) is 14.8 Å². The van der Waals surface area contributed by atoms with E-state index in [4.69, 9.17) is 0 Å². The molecule has 2 saturated carbocycles. The van der Waals surface area contributed by atoms with Crippen molar-refractivity contribution in [2.75, 3.05) is 21.1 Å². The number of hydrogen-bond donors (Lipinski definition) is 0. The summed E-state index contributed by atoms with van der Waals surface area (Å²) in [5.41, 5.74) is 3.56. The van der Waals surface area contributed by atoms with Crippen LogP contribution in [0.25, 0.3) is 10.2 Å². The topological polar surface area (TPSA) is 36.4 Å². The van der Waals surface area contributed by atoms with Crippen LogP contribution in [0.1, 0.15) is 36.0 Å². The first-order valence-corrected chi connectivity index (χ1v) is 9.68.